The van der Waals surface area contributed by atoms with Crippen LogP contribution in [0.25, 0.3) is 11.0 Å². The van der Waals surface area contributed by atoms with E-state index in [2.05, 4.69) is 10.3 Å². The Morgan fingerprint density at radius 2 is 1.97 bits per heavy atom. The van der Waals surface area contributed by atoms with E-state index in [1.165, 1.54) is 25.7 Å². The quantitative estimate of drug-likeness (QED) is 0.412. The van der Waals surface area contributed by atoms with Crippen molar-refractivity contribution < 1.29 is 13.9 Å². The van der Waals surface area contributed by atoms with Crippen LogP contribution in [0.4, 0.5) is 0 Å². The topological polar surface area (TPSA) is 70.2 Å². The van der Waals surface area contributed by atoms with Crippen LogP contribution in [0.2, 0.25) is 0 Å². The molecule has 1 saturated carbocycles. The number of aryl methyl sites for hydroxylation is 1. The zero-order valence-electron chi connectivity index (χ0n) is 16.9. The molecular weight excluding hydrogens is 378 g/mol. The van der Waals surface area contributed by atoms with Crippen LogP contribution in [-0.2, 0) is 6.61 Å². The van der Waals surface area contributed by atoms with Gasteiger partial charge in [0.1, 0.15) is 23.6 Å². The summed E-state index contributed by atoms with van der Waals surface area (Å²) in [5, 5.41) is 9.40. The van der Waals surface area contributed by atoms with Crippen LogP contribution in [0.3, 0.4) is 0 Å². The number of ketones is 1. The van der Waals surface area contributed by atoms with Gasteiger partial charge in [-0.25, -0.2) is 4.68 Å². The summed E-state index contributed by atoms with van der Waals surface area (Å²) in [5.41, 5.74) is 2.89. The van der Waals surface area contributed by atoms with Gasteiger partial charge in [-0.1, -0.05) is 48.4 Å². The highest BCUT2D eigenvalue weighted by Gasteiger charge is 2.20. The molecule has 0 unspecified atom stereocenters. The van der Waals surface area contributed by atoms with Crippen molar-refractivity contribution in [3.8, 4) is 5.75 Å². The minimum atomic E-state index is -0.115. The Morgan fingerprint density at radius 3 is 2.77 bits per heavy atom. The number of aromatic nitrogens is 3. The third-order valence-corrected chi connectivity index (χ3v) is 5.80. The van der Waals surface area contributed by atoms with Gasteiger partial charge in [0.2, 0.25) is 5.78 Å². The number of rotatable bonds is 6. The first-order valence-corrected chi connectivity index (χ1v) is 10.4. The molecule has 0 radical (unpaired) electrons. The number of carbonyl (C=O) groups excluding carboxylic acids is 1. The van der Waals surface area contributed by atoms with Crippen molar-refractivity contribution in [2.24, 2.45) is 0 Å². The molecule has 0 bridgehead atoms. The molecule has 2 aromatic carbocycles. The van der Waals surface area contributed by atoms with Crippen LogP contribution in [0.15, 0.2) is 59.1 Å². The lowest BCUT2D eigenvalue weighted by atomic mass is 10.0. The second kappa shape index (κ2) is 7.78. The first kappa shape index (κ1) is 18.6. The average molecular weight is 401 g/mol. The van der Waals surface area contributed by atoms with Gasteiger partial charge in [-0.2, -0.15) is 0 Å². The molecule has 5 rings (SSSR count). The average Bonchev–Trinajstić information content (AvgIpc) is 3.53. The van der Waals surface area contributed by atoms with Crippen molar-refractivity contribution in [1.29, 1.82) is 0 Å². The van der Waals surface area contributed by atoms with Gasteiger partial charge < -0.3 is 9.15 Å². The number of fused-ring (bicyclic) bond motifs is 1. The maximum Gasteiger partial charge on any atom is 0.228 e. The zero-order chi connectivity index (χ0) is 20.5. The van der Waals surface area contributed by atoms with Gasteiger partial charge in [-0.15, -0.1) is 5.10 Å². The van der Waals surface area contributed by atoms with Gasteiger partial charge in [0.05, 0.1) is 12.2 Å². The molecule has 2 aromatic heterocycles. The predicted molar refractivity (Wildman–Crippen MR) is 113 cm³/mol. The number of hydrogen-bond donors (Lipinski definition) is 0. The van der Waals surface area contributed by atoms with Crippen molar-refractivity contribution in [2.75, 3.05) is 0 Å². The van der Waals surface area contributed by atoms with E-state index >= 15 is 0 Å². The van der Waals surface area contributed by atoms with Crippen molar-refractivity contribution in [2.45, 2.75) is 45.3 Å². The van der Waals surface area contributed by atoms with Crippen molar-refractivity contribution in [1.82, 2.24) is 15.0 Å². The van der Waals surface area contributed by atoms with Gasteiger partial charge in [0.25, 0.3) is 0 Å². The van der Waals surface area contributed by atoms with Crippen molar-refractivity contribution in [3.05, 3.63) is 77.3 Å². The predicted octanol–water partition coefficient (Wildman–Crippen LogP) is 5.26. The first-order valence-electron chi connectivity index (χ1n) is 10.4. The Morgan fingerprint density at radius 1 is 1.17 bits per heavy atom. The second-order valence-corrected chi connectivity index (χ2v) is 7.83. The van der Waals surface area contributed by atoms with E-state index in [0.717, 1.165) is 16.6 Å². The summed E-state index contributed by atoms with van der Waals surface area (Å²) in [6.45, 7) is 2.25. The molecule has 152 valence electrons. The molecule has 30 heavy (non-hydrogen) atoms. The fourth-order valence-electron chi connectivity index (χ4n) is 4.12. The van der Waals surface area contributed by atoms with Crippen LogP contribution < -0.4 is 4.74 Å². The standard InChI is InChI=1S/C24H23N3O3/c1-16-21-12-11-20(29-15-18-14-27(26-25-18)19-9-5-6-10-19)13-22(21)30-24(16)23(28)17-7-3-2-4-8-17/h2-4,7-8,11-14,19H,5-6,9-10,15H2,1H3. The zero-order valence-corrected chi connectivity index (χ0v) is 16.9. The van der Waals surface area contributed by atoms with Gasteiger partial charge in [0.15, 0.2) is 5.76 Å². The molecule has 0 N–H and O–H groups in total. The number of hydrogen-bond acceptors (Lipinski definition) is 5. The van der Waals surface area contributed by atoms with Gasteiger partial charge >= 0.3 is 0 Å². The summed E-state index contributed by atoms with van der Waals surface area (Å²) in [6.07, 6.45) is 6.83. The number of carbonyl (C=O) groups is 1. The van der Waals surface area contributed by atoms with Gasteiger partial charge in [-0.3, -0.25) is 4.79 Å². The molecule has 0 spiro atoms. The lowest BCUT2D eigenvalue weighted by Crippen LogP contribution is -2.04. The van der Waals surface area contributed by atoms with E-state index in [4.69, 9.17) is 9.15 Å². The molecule has 1 aliphatic carbocycles. The summed E-state index contributed by atoms with van der Waals surface area (Å²) >= 11 is 0. The number of nitrogens with zero attached hydrogens (tertiary/aromatic N) is 3. The molecule has 6 heteroatoms. The molecule has 0 saturated heterocycles. The Hall–Kier alpha value is -3.41. The van der Waals surface area contributed by atoms with Crippen LogP contribution in [0, 0.1) is 6.92 Å². The summed E-state index contributed by atoms with van der Waals surface area (Å²) in [5.74, 6) is 0.925. The number of benzene rings is 2. The third kappa shape index (κ3) is 3.49. The number of ether oxygens (including phenoxy) is 1. The van der Waals surface area contributed by atoms with Crippen molar-refractivity contribution in [3.63, 3.8) is 0 Å². The highest BCUT2D eigenvalue weighted by atomic mass is 16.5. The first-order chi connectivity index (χ1) is 14.7. The monoisotopic (exact) mass is 401 g/mol. The highest BCUT2D eigenvalue weighted by molar-refractivity contribution is 6.10. The molecular formula is C24H23N3O3. The van der Waals surface area contributed by atoms with Gasteiger partial charge in [0, 0.05) is 22.6 Å². The summed E-state index contributed by atoms with van der Waals surface area (Å²) in [4.78, 5) is 12.8. The van der Waals surface area contributed by atoms with Gasteiger partial charge in [-0.05, 0) is 31.9 Å². The van der Waals surface area contributed by atoms with E-state index < -0.39 is 0 Å². The van der Waals surface area contributed by atoms with Crippen LogP contribution >= 0.6 is 0 Å². The Labute approximate surface area is 174 Å². The Kier molecular flexibility index (Phi) is 4.83. The molecule has 4 aromatic rings. The normalized spacial score (nSPS) is 14.4. The molecule has 1 aliphatic rings. The third-order valence-electron chi connectivity index (χ3n) is 5.80. The molecule has 0 amide bonds. The minimum absolute atomic E-state index is 0.115. The SMILES string of the molecule is Cc1c(C(=O)c2ccccc2)oc2cc(OCc3cn(C4CCCC4)nn3)ccc12. The smallest absolute Gasteiger partial charge is 0.228 e. The van der Waals surface area contributed by atoms with E-state index in [0.29, 0.717) is 35.3 Å². The van der Waals surface area contributed by atoms with E-state index in [1.54, 1.807) is 12.1 Å². The number of furan rings is 1. The maximum absolute atomic E-state index is 12.8. The molecule has 6 nitrogen and oxygen atoms in total. The minimum Gasteiger partial charge on any atom is -0.487 e. The largest absolute Gasteiger partial charge is 0.487 e. The van der Waals surface area contributed by atoms with Crippen LogP contribution in [-0.4, -0.2) is 20.8 Å². The van der Waals surface area contributed by atoms with E-state index in [-0.39, 0.29) is 5.78 Å². The van der Waals surface area contributed by atoms with Crippen molar-refractivity contribution >= 4 is 16.8 Å². The molecule has 1 fully saturated rings. The van der Waals surface area contributed by atoms with E-state index in [9.17, 15) is 4.79 Å². The lowest BCUT2D eigenvalue weighted by Gasteiger charge is -2.07. The summed E-state index contributed by atoms with van der Waals surface area (Å²) in [6, 6.07) is 15.3. The summed E-state index contributed by atoms with van der Waals surface area (Å²) < 4.78 is 13.8. The maximum atomic E-state index is 12.8. The van der Waals surface area contributed by atoms with Crippen LogP contribution in [0.1, 0.15) is 59.1 Å². The highest BCUT2D eigenvalue weighted by Crippen LogP contribution is 2.31. The molecule has 0 aliphatic heterocycles. The van der Waals surface area contributed by atoms with Crippen LogP contribution in [0.5, 0.6) is 5.75 Å². The molecule has 0 atom stereocenters. The Bertz CT molecular complexity index is 1190. The molecule has 2 heterocycles. The summed E-state index contributed by atoms with van der Waals surface area (Å²) in [7, 11) is 0. The second-order valence-electron chi connectivity index (χ2n) is 7.83. The fraction of sp³-hybridized carbons (Fsp3) is 0.292. The fourth-order valence-corrected chi connectivity index (χ4v) is 4.12. The van der Waals surface area contributed by atoms with E-state index in [1.807, 2.05) is 54.2 Å². The lowest BCUT2D eigenvalue weighted by molar-refractivity contribution is 0.101. The Balaban J connectivity index is 1.33.